The largest absolute Gasteiger partial charge is 0.313 e. The van der Waals surface area contributed by atoms with Crippen LogP contribution in [0.2, 0.25) is 0 Å². The Morgan fingerprint density at radius 3 is 2.72 bits per heavy atom. The van der Waals surface area contributed by atoms with E-state index in [1.807, 2.05) is 0 Å². The molecule has 0 spiro atoms. The average Bonchev–Trinajstić information content (AvgIpc) is 2.87. The van der Waals surface area contributed by atoms with Gasteiger partial charge in [0.1, 0.15) is 0 Å². The lowest BCUT2D eigenvalue weighted by molar-refractivity contribution is 0.330. The van der Waals surface area contributed by atoms with Crippen LogP contribution >= 0.6 is 0 Å². The molecule has 0 aromatic heterocycles. The SMILES string of the molecule is Fc1cccc(CNCCCN2CCCC2)c1F. The molecule has 1 aromatic rings. The summed E-state index contributed by atoms with van der Waals surface area (Å²) in [6, 6.07) is 4.30. The second-order valence-corrected chi connectivity index (χ2v) is 4.79. The maximum absolute atomic E-state index is 13.3. The van der Waals surface area contributed by atoms with E-state index in [0.717, 1.165) is 25.6 Å². The van der Waals surface area contributed by atoms with Crippen LogP contribution in [0, 0.1) is 11.6 Å². The smallest absolute Gasteiger partial charge is 0.163 e. The molecular weight excluding hydrogens is 234 g/mol. The monoisotopic (exact) mass is 254 g/mol. The fourth-order valence-electron chi connectivity index (χ4n) is 2.34. The molecule has 2 rings (SSSR count). The van der Waals surface area contributed by atoms with Gasteiger partial charge in [-0.3, -0.25) is 0 Å². The van der Waals surface area contributed by atoms with E-state index in [1.54, 1.807) is 12.1 Å². The fourth-order valence-corrected chi connectivity index (χ4v) is 2.34. The van der Waals surface area contributed by atoms with E-state index in [1.165, 1.54) is 25.9 Å². The van der Waals surface area contributed by atoms with Gasteiger partial charge in [0.2, 0.25) is 0 Å². The first kappa shape index (κ1) is 13.4. The maximum Gasteiger partial charge on any atom is 0.163 e. The highest BCUT2D eigenvalue weighted by Crippen LogP contribution is 2.11. The Kier molecular flexibility index (Phi) is 5.08. The molecule has 1 aliphatic heterocycles. The topological polar surface area (TPSA) is 15.3 Å². The molecule has 0 aliphatic carbocycles. The normalized spacial score (nSPS) is 16.3. The van der Waals surface area contributed by atoms with Crippen molar-refractivity contribution in [3.05, 3.63) is 35.4 Å². The van der Waals surface area contributed by atoms with Crippen LogP contribution < -0.4 is 5.32 Å². The van der Waals surface area contributed by atoms with Crippen LogP contribution in [0.3, 0.4) is 0 Å². The minimum Gasteiger partial charge on any atom is -0.313 e. The first-order valence-electron chi connectivity index (χ1n) is 6.63. The molecule has 1 aromatic carbocycles. The van der Waals surface area contributed by atoms with Crippen molar-refractivity contribution < 1.29 is 8.78 Å². The predicted octanol–water partition coefficient (Wildman–Crippen LogP) is 2.54. The predicted molar refractivity (Wildman–Crippen MR) is 68.4 cm³/mol. The number of nitrogens with one attached hydrogen (secondary N) is 1. The summed E-state index contributed by atoms with van der Waals surface area (Å²) < 4.78 is 26.3. The summed E-state index contributed by atoms with van der Waals surface area (Å²) in [6.45, 7) is 4.74. The second kappa shape index (κ2) is 6.81. The number of rotatable bonds is 6. The zero-order valence-electron chi connectivity index (χ0n) is 10.6. The fraction of sp³-hybridized carbons (Fsp3) is 0.571. The Morgan fingerprint density at radius 2 is 1.94 bits per heavy atom. The third kappa shape index (κ3) is 3.75. The van der Waals surface area contributed by atoms with E-state index >= 15 is 0 Å². The van der Waals surface area contributed by atoms with Crippen molar-refractivity contribution >= 4 is 0 Å². The van der Waals surface area contributed by atoms with Crippen LogP contribution in [0.15, 0.2) is 18.2 Å². The van der Waals surface area contributed by atoms with Crippen LogP contribution in [-0.2, 0) is 6.54 Å². The quantitative estimate of drug-likeness (QED) is 0.785. The van der Waals surface area contributed by atoms with E-state index < -0.39 is 11.6 Å². The summed E-state index contributed by atoms with van der Waals surface area (Å²) in [5.74, 6) is -1.50. The van der Waals surface area contributed by atoms with Gasteiger partial charge in [-0.05, 0) is 51.5 Å². The molecule has 1 N–H and O–H groups in total. The second-order valence-electron chi connectivity index (χ2n) is 4.79. The molecule has 0 unspecified atom stereocenters. The summed E-state index contributed by atoms with van der Waals surface area (Å²) in [7, 11) is 0. The van der Waals surface area contributed by atoms with Gasteiger partial charge in [-0.25, -0.2) is 8.78 Å². The number of hydrogen-bond donors (Lipinski definition) is 1. The molecule has 0 bridgehead atoms. The maximum atomic E-state index is 13.3. The van der Waals surface area contributed by atoms with Crippen molar-refractivity contribution in [2.75, 3.05) is 26.2 Å². The third-order valence-electron chi connectivity index (χ3n) is 3.37. The van der Waals surface area contributed by atoms with Crippen LogP contribution in [0.5, 0.6) is 0 Å². The van der Waals surface area contributed by atoms with E-state index in [2.05, 4.69) is 10.2 Å². The number of benzene rings is 1. The first-order chi connectivity index (χ1) is 8.77. The van der Waals surface area contributed by atoms with Crippen molar-refractivity contribution in [3.63, 3.8) is 0 Å². The molecule has 1 heterocycles. The zero-order chi connectivity index (χ0) is 12.8. The summed E-state index contributed by atoms with van der Waals surface area (Å²) in [6.07, 6.45) is 3.67. The molecule has 4 heteroatoms. The van der Waals surface area contributed by atoms with Crippen molar-refractivity contribution in [2.24, 2.45) is 0 Å². The molecular formula is C14H20F2N2. The standard InChI is InChI=1S/C14H20F2N2/c15-13-6-3-5-12(14(13)16)11-17-7-4-10-18-8-1-2-9-18/h3,5-6,17H,1-2,4,7-11H2. The van der Waals surface area contributed by atoms with E-state index in [0.29, 0.717) is 12.1 Å². The van der Waals surface area contributed by atoms with Gasteiger partial charge in [-0.1, -0.05) is 12.1 Å². The van der Waals surface area contributed by atoms with E-state index in [4.69, 9.17) is 0 Å². The number of halogens is 2. The molecule has 0 atom stereocenters. The molecule has 100 valence electrons. The Hall–Kier alpha value is -1.00. The average molecular weight is 254 g/mol. The summed E-state index contributed by atoms with van der Waals surface area (Å²) >= 11 is 0. The first-order valence-corrected chi connectivity index (χ1v) is 6.63. The number of likely N-dealkylation sites (tertiary alicyclic amines) is 1. The Balaban J connectivity index is 1.64. The van der Waals surface area contributed by atoms with Gasteiger partial charge < -0.3 is 10.2 Å². The lowest BCUT2D eigenvalue weighted by Crippen LogP contribution is -2.24. The van der Waals surface area contributed by atoms with E-state index in [-0.39, 0.29) is 0 Å². The minimum absolute atomic E-state index is 0.392. The van der Waals surface area contributed by atoms with E-state index in [9.17, 15) is 8.78 Å². The Labute approximate surface area is 107 Å². The molecule has 0 amide bonds. The van der Waals surface area contributed by atoms with Gasteiger partial charge in [0, 0.05) is 12.1 Å². The van der Waals surface area contributed by atoms with Crippen molar-refractivity contribution in [1.29, 1.82) is 0 Å². The zero-order valence-corrected chi connectivity index (χ0v) is 10.6. The number of hydrogen-bond acceptors (Lipinski definition) is 2. The summed E-state index contributed by atoms with van der Waals surface area (Å²) in [4.78, 5) is 2.45. The van der Waals surface area contributed by atoms with Crippen molar-refractivity contribution in [2.45, 2.75) is 25.8 Å². The van der Waals surface area contributed by atoms with Gasteiger partial charge in [-0.15, -0.1) is 0 Å². The molecule has 1 fully saturated rings. The molecule has 0 radical (unpaired) electrons. The lowest BCUT2D eigenvalue weighted by atomic mass is 10.2. The Bertz CT molecular complexity index is 376. The van der Waals surface area contributed by atoms with Crippen LogP contribution in [-0.4, -0.2) is 31.1 Å². The highest BCUT2D eigenvalue weighted by molar-refractivity contribution is 5.18. The van der Waals surface area contributed by atoms with Gasteiger partial charge in [0.15, 0.2) is 11.6 Å². The van der Waals surface area contributed by atoms with Crippen molar-refractivity contribution in [3.8, 4) is 0 Å². The lowest BCUT2D eigenvalue weighted by Gasteiger charge is -2.14. The van der Waals surface area contributed by atoms with Crippen molar-refractivity contribution in [1.82, 2.24) is 10.2 Å². The van der Waals surface area contributed by atoms with Gasteiger partial charge in [-0.2, -0.15) is 0 Å². The molecule has 1 saturated heterocycles. The Morgan fingerprint density at radius 1 is 1.17 bits per heavy atom. The van der Waals surface area contributed by atoms with Crippen LogP contribution in [0.25, 0.3) is 0 Å². The summed E-state index contributed by atoms with van der Waals surface area (Å²) in [5.41, 5.74) is 0.399. The minimum atomic E-state index is -0.772. The highest BCUT2D eigenvalue weighted by atomic mass is 19.2. The molecule has 2 nitrogen and oxygen atoms in total. The molecule has 1 aliphatic rings. The van der Waals surface area contributed by atoms with Crippen LogP contribution in [0.4, 0.5) is 8.78 Å². The third-order valence-corrected chi connectivity index (χ3v) is 3.37. The molecule has 18 heavy (non-hydrogen) atoms. The number of nitrogens with zero attached hydrogens (tertiary/aromatic N) is 1. The molecule has 0 saturated carbocycles. The van der Waals surface area contributed by atoms with Gasteiger partial charge in [0.05, 0.1) is 0 Å². The summed E-state index contributed by atoms with van der Waals surface area (Å²) in [5, 5.41) is 3.16. The van der Waals surface area contributed by atoms with Gasteiger partial charge in [0.25, 0.3) is 0 Å². The van der Waals surface area contributed by atoms with Gasteiger partial charge >= 0.3 is 0 Å². The van der Waals surface area contributed by atoms with Crippen LogP contribution in [0.1, 0.15) is 24.8 Å². The highest BCUT2D eigenvalue weighted by Gasteiger charge is 2.10.